The average molecular weight is 256 g/mol. The van der Waals surface area contributed by atoms with Crippen molar-refractivity contribution in [1.29, 1.82) is 0 Å². The Morgan fingerprint density at radius 2 is 1.94 bits per heavy atom. The van der Waals surface area contributed by atoms with Gasteiger partial charge in [-0.3, -0.25) is 9.59 Å². The van der Waals surface area contributed by atoms with E-state index < -0.39 is 5.97 Å². The number of unbranched alkanes of at least 4 members (excludes halogenated alkanes) is 1. The Morgan fingerprint density at radius 3 is 2.50 bits per heavy atom. The van der Waals surface area contributed by atoms with Crippen molar-refractivity contribution >= 4 is 11.9 Å². The predicted molar refractivity (Wildman–Crippen MR) is 69.3 cm³/mol. The number of hydrogen-bond acceptors (Lipinski definition) is 3. The molecule has 1 amide bonds. The van der Waals surface area contributed by atoms with Gasteiger partial charge in [0.25, 0.3) is 0 Å². The van der Waals surface area contributed by atoms with Crippen LogP contribution in [0.25, 0.3) is 0 Å². The van der Waals surface area contributed by atoms with Gasteiger partial charge in [-0.15, -0.1) is 0 Å². The molecular weight excluding hydrogens is 232 g/mol. The number of carboxylic acids is 1. The zero-order chi connectivity index (χ0) is 13.4. The normalized spacial score (nSPS) is 18.3. The lowest BCUT2D eigenvalue weighted by Crippen LogP contribution is -2.47. The second-order valence-corrected chi connectivity index (χ2v) is 4.99. The van der Waals surface area contributed by atoms with Gasteiger partial charge in [0, 0.05) is 13.0 Å². The van der Waals surface area contributed by atoms with E-state index in [2.05, 4.69) is 17.6 Å². The number of carbonyl (C=O) groups excluding carboxylic acids is 1. The summed E-state index contributed by atoms with van der Waals surface area (Å²) in [5.41, 5.74) is -0.210. The summed E-state index contributed by atoms with van der Waals surface area (Å²) >= 11 is 0. The van der Waals surface area contributed by atoms with E-state index in [1.54, 1.807) is 0 Å². The van der Waals surface area contributed by atoms with E-state index in [-0.39, 0.29) is 17.7 Å². The van der Waals surface area contributed by atoms with Crippen LogP contribution in [0.15, 0.2) is 0 Å². The lowest BCUT2D eigenvalue weighted by Gasteiger charge is -2.35. The summed E-state index contributed by atoms with van der Waals surface area (Å²) in [5.74, 6) is -0.633. The van der Waals surface area contributed by atoms with Gasteiger partial charge in [-0.05, 0) is 45.2 Å². The standard InChI is InChI=1S/C13H24N2O3/c1-2-13(6-9-14-10-7-13)12(18)15-8-4-3-5-11(16)17/h14H,2-10H2,1H3,(H,15,18)(H,16,17). The van der Waals surface area contributed by atoms with Gasteiger partial charge in [0.05, 0.1) is 5.41 Å². The summed E-state index contributed by atoms with van der Waals surface area (Å²) in [6.07, 6.45) is 4.19. The molecule has 0 bridgehead atoms. The minimum absolute atomic E-state index is 0.141. The van der Waals surface area contributed by atoms with Crippen LogP contribution in [0.3, 0.4) is 0 Å². The summed E-state index contributed by atoms with van der Waals surface area (Å²) in [7, 11) is 0. The fourth-order valence-corrected chi connectivity index (χ4v) is 2.44. The topological polar surface area (TPSA) is 78.4 Å². The number of rotatable bonds is 7. The number of piperidine rings is 1. The zero-order valence-corrected chi connectivity index (χ0v) is 11.1. The third kappa shape index (κ3) is 4.29. The molecule has 1 aliphatic rings. The molecule has 0 aliphatic carbocycles. The molecule has 5 heteroatoms. The summed E-state index contributed by atoms with van der Waals surface area (Å²) in [5, 5.41) is 14.7. The molecule has 104 valence electrons. The van der Waals surface area contributed by atoms with E-state index in [9.17, 15) is 9.59 Å². The molecule has 5 nitrogen and oxygen atoms in total. The van der Waals surface area contributed by atoms with Crippen molar-refractivity contribution in [1.82, 2.24) is 10.6 Å². The van der Waals surface area contributed by atoms with E-state index in [4.69, 9.17) is 5.11 Å². The zero-order valence-electron chi connectivity index (χ0n) is 11.1. The van der Waals surface area contributed by atoms with Crippen molar-refractivity contribution in [3.63, 3.8) is 0 Å². The van der Waals surface area contributed by atoms with Gasteiger partial charge >= 0.3 is 5.97 Å². The Morgan fingerprint density at radius 1 is 1.28 bits per heavy atom. The first-order chi connectivity index (χ1) is 8.60. The molecule has 0 atom stereocenters. The average Bonchev–Trinajstić information content (AvgIpc) is 2.38. The maximum atomic E-state index is 12.2. The summed E-state index contributed by atoms with van der Waals surface area (Å²) < 4.78 is 0. The van der Waals surface area contributed by atoms with Crippen LogP contribution in [-0.2, 0) is 9.59 Å². The number of aliphatic carboxylic acids is 1. The van der Waals surface area contributed by atoms with Gasteiger partial charge in [0.2, 0.25) is 5.91 Å². The quantitative estimate of drug-likeness (QED) is 0.597. The van der Waals surface area contributed by atoms with Gasteiger partial charge in [-0.1, -0.05) is 6.92 Å². The molecule has 0 radical (unpaired) electrons. The third-order valence-electron chi connectivity index (χ3n) is 3.82. The van der Waals surface area contributed by atoms with E-state index >= 15 is 0 Å². The molecule has 1 aliphatic heterocycles. The maximum absolute atomic E-state index is 12.2. The monoisotopic (exact) mass is 256 g/mol. The summed E-state index contributed by atoms with van der Waals surface area (Å²) in [6, 6.07) is 0. The number of hydrogen-bond donors (Lipinski definition) is 3. The van der Waals surface area contributed by atoms with Crippen molar-refractivity contribution in [2.75, 3.05) is 19.6 Å². The van der Waals surface area contributed by atoms with E-state index in [0.29, 0.717) is 13.0 Å². The minimum Gasteiger partial charge on any atom is -0.481 e. The first-order valence-electron chi connectivity index (χ1n) is 6.81. The molecule has 0 unspecified atom stereocenters. The number of nitrogens with one attached hydrogen (secondary N) is 2. The number of amides is 1. The van der Waals surface area contributed by atoms with Crippen LogP contribution in [0, 0.1) is 5.41 Å². The molecule has 0 spiro atoms. The van der Waals surface area contributed by atoms with Crippen LogP contribution in [-0.4, -0.2) is 36.6 Å². The second kappa shape index (κ2) is 7.36. The van der Waals surface area contributed by atoms with E-state index in [1.807, 2.05) is 0 Å². The lowest BCUT2D eigenvalue weighted by molar-refractivity contribution is -0.137. The smallest absolute Gasteiger partial charge is 0.303 e. The van der Waals surface area contributed by atoms with Gasteiger partial charge in [-0.2, -0.15) is 0 Å². The van der Waals surface area contributed by atoms with Crippen molar-refractivity contribution < 1.29 is 14.7 Å². The van der Waals surface area contributed by atoms with Crippen LogP contribution in [0.1, 0.15) is 45.4 Å². The van der Waals surface area contributed by atoms with Crippen molar-refractivity contribution in [3.05, 3.63) is 0 Å². The van der Waals surface area contributed by atoms with Gasteiger partial charge < -0.3 is 15.7 Å². The number of carboxylic acid groups (broad SMARTS) is 1. The third-order valence-corrected chi connectivity index (χ3v) is 3.82. The highest BCUT2D eigenvalue weighted by Crippen LogP contribution is 2.32. The maximum Gasteiger partial charge on any atom is 0.303 e. The molecule has 18 heavy (non-hydrogen) atoms. The second-order valence-electron chi connectivity index (χ2n) is 4.99. The van der Waals surface area contributed by atoms with Gasteiger partial charge in [-0.25, -0.2) is 0 Å². The van der Waals surface area contributed by atoms with Crippen molar-refractivity contribution in [3.8, 4) is 0 Å². The predicted octanol–water partition coefficient (Wildman–Crippen LogP) is 1.14. The molecule has 0 aromatic carbocycles. The van der Waals surface area contributed by atoms with Crippen LogP contribution in [0.2, 0.25) is 0 Å². The molecule has 1 saturated heterocycles. The first-order valence-corrected chi connectivity index (χ1v) is 6.81. The molecular formula is C13H24N2O3. The largest absolute Gasteiger partial charge is 0.481 e. The van der Waals surface area contributed by atoms with Gasteiger partial charge in [0.15, 0.2) is 0 Å². The molecule has 1 fully saturated rings. The van der Waals surface area contributed by atoms with Crippen LogP contribution in [0.5, 0.6) is 0 Å². The highest BCUT2D eigenvalue weighted by molar-refractivity contribution is 5.82. The van der Waals surface area contributed by atoms with Crippen LogP contribution < -0.4 is 10.6 Å². The SMILES string of the molecule is CCC1(C(=O)NCCCCC(=O)O)CCNCC1. The molecule has 1 rings (SSSR count). The fraction of sp³-hybridized carbons (Fsp3) is 0.846. The van der Waals surface area contributed by atoms with E-state index in [1.165, 1.54) is 0 Å². The van der Waals surface area contributed by atoms with Crippen LogP contribution in [0.4, 0.5) is 0 Å². The highest BCUT2D eigenvalue weighted by atomic mass is 16.4. The molecule has 3 N–H and O–H groups in total. The van der Waals surface area contributed by atoms with Crippen molar-refractivity contribution in [2.45, 2.75) is 45.4 Å². The van der Waals surface area contributed by atoms with Crippen molar-refractivity contribution in [2.24, 2.45) is 5.41 Å². The highest BCUT2D eigenvalue weighted by Gasteiger charge is 2.37. The minimum atomic E-state index is -0.773. The van der Waals surface area contributed by atoms with E-state index in [0.717, 1.165) is 38.8 Å². The molecule has 0 aromatic heterocycles. The first kappa shape index (κ1) is 15.0. The Balaban J connectivity index is 2.27. The molecule has 1 heterocycles. The number of carbonyl (C=O) groups is 2. The Bertz CT molecular complexity index is 286. The summed E-state index contributed by atoms with van der Waals surface area (Å²) in [4.78, 5) is 22.5. The Labute approximate surface area is 108 Å². The Kier molecular flexibility index (Phi) is 6.12. The fourth-order valence-electron chi connectivity index (χ4n) is 2.44. The summed E-state index contributed by atoms with van der Waals surface area (Å²) in [6.45, 7) is 4.46. The Hall–Kier alpha value is -1.10. The van der Waals surface area contributed by atoms with Crippen LogP contribution >= 0.6 is 0 Å². The lowest BCUT2D eigenvalue weighted by atomic mass is 9.76. The molecule has 0 aromatic rings. The molecule has 0 saturated carbocycles. The van der Waals surface area contributed by atoms with Gasteiger partial charge in [0.1, 0.15) is 0 Å².